The Hall–Kier alpha value is -2.48. The summed E-state index contributed by atoms with van der Waals surface area (Å²) in [5, 5.41) is 8.52. The first-order valence-corrected chi connectivity index (χ1v) is 8.51. The second-order valence-corrected chi connectivity index (χ2v) is 6.46. The Labute approximate surface area is 146 Å². The fraction of sp³-hybridized carbons (Fsp3) is 0.529. The lowest BCUT2D eigenvalue weighted by Gasteiger charge is -2.34. The molecular weight excluding hydrogens is 320 g/mol. The van der Waals surface area contributed by atoms with Gasteiger partial charge in [0.2, 0.25) is 0 Å². The molecule has 25 heavy (non-hydrogen) atoms. The van der Waals surface area contributed by atoms with E-state index in [4.69, 9.17) is 0 Å². The predicted octanol–water partition coefficient (Wildman–Crippen LogP) is 0.0516. The van der Waals surface area contributed by atoms with E-state index in [0.717, 1.165) is 31.0 Å². The summed E-state index contributed by atoms with van der Waals surface area (Å²) in [7, 11) is 1.84. The highest BCUT2D eigenvalue weighted by atomic mass is 16.2. The summed E-state index contributed by atoms with van der Waals surface area (Å²) in [5.74, 6) is -0.0140. The topological polar surface area (TPSA) is 76.3 Å². The summed E-state index contributed by atoms with van der Waals surface area (Å²) in [5.41, 5.74) is 2.23. The van der Waals surface area contributed by atoms with Crippen molar-refractivity contribution < 1.29 is 4.79 Å². The molecule has 8 nitrogen and oxygen atoms in total. The van der Waals surface area contributed by atoms with Gasteiger partial charge in [-0.15, -0.1) is 0 Å². The van der Waals surface area contributed by atoms with Crippen molar-refractivity contribution in [1.82, 2.24) is 29.4 Å². The lowest BCUT2D eigenvalue weighted by Crippen LogP contribution is -2.49. The molecule has 3 rings (SSSR count). The van der Waals surface area contributed by atoms with Crippen molar-refractivity contribution in [3.05, 3.63) is 45.6 Å². The molecule has 0 atom stereocenters. The molecule has 0 saturated carbocycles. The molecule has 0 aliphatic carbocycles. The fourth-order valence-corrected chi connectivity index (χ4v) is 2.95. The number of carbonyl (C=O) groups is 1. The molecule has 1 amide bonds. The average molecular weight is 344 g/mol. The first kappa shape index (κ1) is 17.3. The molecule has 1 fully saturated rings. The van der Waals surface area contributed by atoms with Gasteiger partial charge in [0.05, 0.1) is 12.2 Å². The maximum atomic E-state index is 12.5. The van der Waals surface area contributed by atoms with Crippen LogP contribution in [-0.2, 0) is 13.6 Å². The lowest BCUT2D eigenvalue weighted by molar-refractivity contribution is 0.0625. The van der Waals surface area contributed by atoms with E-state index in [1.54, 1.807) is 16.8 Å². The zero-order valence-electron chi connectivity index (χ0n) is 15.0. The zero-order chi connectivity index (χ0) is 18.0. The number of amides is 1. The SMILES string of the molecule is Cc1ccc(=O)n(CCN2CCN(C(=O)c3cc(C)n(C)n3)CC2)n1. The normalized spacial score (nSPS) is 15.6. The van der Waals surface area contributed by atoms with Crippen LogP contribution < -0.4 is 5.56 Å². The average Bonchev–Trinajstić information content (AvgIpc) is 2.94. The van der Waals surface area contributed by atoms with Crippen LogP contribution in [0.2, 0.25) is 0 Å². The molecular formula is C17H24N6O2. The van der Waals surface area contributed by atoms with Crippen molar-refractivity contribution in [2.24, 2.45) is 7.05 Å². The molecule has 2 aromatic heterocycles. The Morgan fingerprint density at radius 3 is 2.44 bits per heavy atom. The van der Waals surface area contributed by atoms with E-state index in [0.29, 0.717) is 25.3 Å². The summed E-state index contributed by atoms with van der Waals surface area (Å²) in [4.78, 5) is 28.4. The van der Waals surface area contributed by atoms with Gasteiger partial charge < -0.3 is 4.90 Å². The van der Waals surface area contributed by atoms with Gasteiger partial charge in [0.15, 0.2) is 5.69 Å². The van der Waals surface area contributed by atoms with Gasteiger partial charge in [-0.3, -0.25) is 19.2 Å². The van der Waals surface area contributed by atoms with Crippen LogP contribution in [0.4, 0.5) is 0 Å². The van der Waals surface area contributed by atoms with E-state index >= 15 is 0 Å². The predicted molar refractivity (Wildman–Crippen MR) is 93.5 cm³/mol. The molecule has 2 aromatic rings. The highest BCUT2D eigenvalue weighted by Crippen LogP contribution is 2.09. The van der Waals surface area contributed by atoms with Crippen molar-refractivity contribution >= 4 is 5.91 Å². The second-order valence-electron chi connectivity index (χ2n) is 6.46. The highest BCUT2D eigenvalue weighted by molar-refractivity contribution is 5.92. The first-order valence-electron chi connectivity index (χ1n) is 8.51. The molecule has 1 aliphatic rings. The van der Waals surface area contributed by atoms with Crippen molar-refractivity contribution in [3.63, 3.8) is 0 Å². The number of aromatic nitrogens is 4. The number of piperazine rings is 1. The number of aryl methyl sites for hydroxylation is 3. The van der Waals surface area contributed by atoms with Crippen LogP contribution in [0.5, 0.6) is 0 Å². The van der Waals surface area contributed by atoms with E-state index in [2.05, 4.69) is 15.1 Å². The molecule has 1 saturated heterocycles. The van der Waals surface area contributed by atoms with Crippen molar-refractivity contribution in [1.29, 1.82) is 0 Å². The maximum absolute atomic E-state index is 12.5. The fourth-order valence-electron chi connectivity index (χ4n) is 2.95. The van der Waals surface area contributed by atoms with Gasteiger partial charge in [0.25, 0.3) is 11.5 Å². The summed E-state index contributed by atoms with van der Waals surface area (Å²) in [6, 6.07) is 5.10. The van der Waals surface area contributed by atoms with E-state index in [1.165, 1.54) is 4.68 Å². The van der Waals surface area contributed by atoms with Gasteiger partial charge in [0.1, 0.15) is 0 Å². The number of hydrogen-bond donors (Lipinski definition) is 0. The molecule has 3 heterocycles. The second kappa shape index (κ2) is 7.18. The molecule has 134 valence electrons. The van der Waals surface area contributed by atoms with Crippen LogP contribution in [0.1, 0.15) is 21.9 Å². The van der Waals surface area contributed by atoms with Gasteiger partial charge in [-0.1, -0.05) is 0 Å². The smallest absolute Gasteiger partial charge is 0.274 e. The quantitative estimate of drug-likeness (QED) is 0.783. The minimum Gasteiger partial charge on any atom is -0.335 e. The molecule has 0 aromatic carbocycles. The van der Waals surface area contributed by atoms with Crippen molar-refractivity contribution in [2.45, 2.75) is 20.4 Å². The summed E-state index contributed by atoms with van der Waals surface area (Å²) in [6.45, 7) is 8.04. The van der Waals surface area contributed by atoms with Crippen molar-refractivity contribution in [2.75, 3.05) is 32.7 Å². The maximum Gasteiger partial charge on any atom is 0.274 e. The molecule has 0 unspecified atom stereocenters. The third-order valence-corrected chi connectivity index (χ3v) is 4.62. The van der Waals surface area contributed by atoms with Gasteiger partial charge in [-0.25, -0.2) is 4.68 Å². The van der Waals surface area contributed by atoms with Gasteiger partial charge in [0, 0.05) is 51.5 Å². The van der Waals surface area contributed by atoms with Crippen LogP contribution in [0.3, 0.4) is 0 Å². The molecule has 0 N–H and O–H groups in total. The van der Waals surface area contributed by atoms with E-state index in [1.807, 2.05) is 31.9 Å². The number of carbonyl (C=O) groups excluding carboxylic acids is 1. The number of hydrogen-bond acceptors (Lipinski definition) is 5. The Kier molecular flexibility index (Phi) is 4.98. The van der Waals surface area contributed by atoms with Gasteiger partial charge in [-0.2, -0.15) is 10.2 Å². The molecule has 0 bridgehead atoms. The highest BCUT2D eigenvalue weighted by Gasteiger charge is 2.24. The van der Waals surface area contributed by atoms with Crippen LogP contribution >= 0.6 is 0 Å². The third kappa shape index (κ3) is 3.96. The number of nitrogens with zero attached hydrogens (tertiary/aromatic N) is 6. The minimum atomic E-state index is -0.0788. The van der Waals surface area contributed by atoms with Crippen LogP contribution in [-0.4, -0.2) is 68.0 Å². The molecule has 0 spiro atoms. The molecule has 0 radical (unpaired) electrons. The Morgan fingerprint density at radius 2 is 1.80 bits per heavy atom. The van der Waals surface area contributed by atoms with E-state index < -0.39 is 0 Å². The Morgan fingerprint density at radius 1 is 1.08 bits per heavy atom. The summed E-state index contributed by atoms with van der Waals surface area (Å²) in [6.07, 6.45) is 0. The Bertz CT molecular complexity index is 797. The summed E-state index contributed by atoms with van der Waals surface area (Å²) >= 11 is 0. The first-order chi connectivity index (χ1) is 11.9. The molecule has 1 aliphatic heterocycles. The third-order valence-electron chi connectivity index (χ3n) is 4.62. The van der Waals surface area contributed by atoms with E-state index in [9.17, 15) is 9.59 Å². The van der Waals surface area contributed by atoms with Crippen LogP contribution in [0.25, 0.3) is 0 Å². The van der Waals surface area contributed by atoms with Crippen LogP contribution in [0.15, 0.2) is 23.0 Å². The minimum absolute atomic E-state index is 0.0140. The zero-order valence-corrected chi connectivity index (χ0v) is 15.0. The monoisotopic (exact) mass is 344 g/mol. The number of rotatable bonds is 4. The van der Waals surface area contributed by atoms with Crippen LogP contribution in [0, 0.1) is 13.8 Å². The largest absolute Gasteiger partial charge is 0.335 e. The standard InChI is InChI=1S/C17H24N6O2/c1-13-4-5-16(24)23(18-13)11-8-21-6-9-22(10-7-21)17(25)15-12-14(2)20(3)19-15/h4-5,12H,6-11H2,1-3H3. The van der Waals surface area contributed by atoms with Crippen molar-refractivity contribution in [3.8, 4) is 0 Å². The lowest BCUT2D eigenvalue weighted by atomic mass is 10.2. The Balaban J connectivity index is 1.52. The van der Waals surface area contributed by atoms with Gasteiger partial charge in [-0.05, 0) is 26.0 Å². The van der Waals surface area contributed by atoms with E-state index in [-0.39, 0.29) is 11.5 Å². The van der Waals surface area contributed by atoms with Gasteiger partial charge >= 0.3 is 0 Å². The molecule has 8 heteroatoms. The summed E-state index contributed by atoms with van der Waals surface area (Å²) < 4.78 is 3.22.